The zero-order valence-electron chi connectivity index (χ0n) is 29.8. The first kappa shape index (κ1) is 42.2. The third kappa shape index (κ3) is 39.2. The Labute approximate surface area is 272 Å². The van der Waals surface area contributed by atoms with Crippen LogP contribution in [0.5, 0.6) is 0 Å². The van der Waals surface area contributed by atoms with Crippen LogP contribution < -0.4 is 0 Å². The number of hydrogen-bond acceptors (Lipinski definition) is 2. The highest BCUT2D eigenvalue weighted by atomic mass is 16.5. The molecule has 256 valence electrons. The van der Waals surface area contributed by atoms with Gasteiger partial charge >= 0.3 is 5.97 Å². The van der Waals surface area contributed by atoms with E-state index in [0.717, 1.165) is 6.42 Å². The Hall–Kier alpha value is -0.790. The fraction of sp³-hybridized carbons (Fsp3) is 0.927. The Morgan fingerprint density at radius 1 is 0.372 bits per heavy atom. The van der Waals surface area contributed by atoms with Gasteiger partial charge in [0.1, 0.15) is 0 Å². The Bertz CT molecular complexity index is 528. The molecule has 0 saturated carbocycles. The summed E-state index contributed by atoms with van der Waals surface area (Å²) in [6.45, 7) is 6.26. The van der Waals surface area contributed by atoms with Gasteiger partial charge in [-0.1, -0.05) is 238 Å². The first-order chi connectivity index (χ1) is 21.3. The third-order valence-electron chi connectivity index (χ3n) is 9.41. The normalized spacial score (nSPS) is 11.3. The zero-order chi connectivity index (χ0) is 31.2. The average Bonchev–Trinajstić information content (AvgIpc) is 3.02. The van der Waals surface area contributed by atoms with Gasteiger partial charge in [-0.3, -0.25) is 0 Å². The zero-order valence-corrected chi connectivity index (χ0v) is 29.8. The molecule has 0 aliphatic rings. The summed E-state index contributed by atoms with van der Waals surface area (Å²) < 4.78 is 5.01. The van der Waals surface area contributed by atoms with Crippen molar-refractivity contribution in [2.24, 2.45) is 0 Å². The SMILES string of the molecule is C=CC(=O)OCCCCCCCCCCCCCCCCCCCCCCCCCCCCCCCCCCCCCC. The van der Waals surface area contributed by atoms with Crippen LogP contribution in [0.15, 0.2) is 12.7 Å². The molecule has 0 saturated heterocycles. The lowest BCUT2D eigenvalue weighted by atomic mass is 10.0. The monoisotopic (exact) mass is 605 g/mol. The molecule has 43 heavy (non-hydrogen) atoms. The van der Waals surface area contributed by atoms with Gasteiger partial charge in [0.2, 0.25) is 0 Å². The lowest BCUT2D eigenvalue weighted by molar-refractivity contribution is -0.137. The molecule has 0 unspecified atom stereocenters. The van der Waals surface area contributed by atoms with Crippen LogP contribution in [0, 0.1) is 0 Å². The van der Waals surface area contributed by atoms with Crippen LogP contribution in [0.2, 0.25) is 0 Å². The number of carbonyl (C=O) groups is 1. The Morgan fingerprint density at radius 2 is 0.558 bits per heavy atom. The quantitative estimate of drug-likeness (QED) is 0.0398. The number of rotatable bonds is 38. The summed E-state index contributed by atoms with van der Waals surface area (Å²) >= 11 is 0. The maximum Gasteiger partial charge on any atom is 0.330 e. The molecule has 0 aromatic rings. The maximum atomic E-state index is 11.0. The highest BCUT2D eigenvalue weighted by molar-refractivity contribution is 5.81. The molecule has 0 aliphatic carbocycles. The van der Waals surface area contributed by atoms with E-state index in [0.29, 0.717) is 6.61 Å². The van der Waals surface area contributed by atoms with Gasteiger partial charge in [-0.25, -0.2) is 4.79 Å². The van der Waals surface area contributed by atoms with Crippen LogP contribution in [0.25, 0.3) is 0 Å². The van der Waals surface area contributed by atoms with E-state index in [4.69, 9.17) is 4.74 Å². The van der Waals surface area contributed by atoms with Gasteiger partial charge in [0.25, 0.3) is 0 Å². The molecule has 0 heterocycles. The van der Waals surface area contributed by atoms with E-state index in [1.165, 1.54) is 231 Å². The molecule has 2 heteroatoms. The van der Waals surface area contributed by atoms with E-state index in [-0.39, 0.29) is 5.97 Å². The summed E-state index contributed by atoms with van der Waals surface area (Å²) in [5.74, 6) is -0.295. The topological polar surface area (TPSA) is 26.3 Å². The van der Waals surface area contributed by atoms with Crippen LogP contribution in [0.4, 0.5) is 0 Å². The smallest absolute Gasteiger partial charge is 0.330 e. The van der Waals surface area contributed by atoms with Gasteiger partial charge in [0.05, 0.1) is 6.61 Å². The molecule has 0 aromatic carbocycles. The van der Waals surface area contributed by atoms with E-state index in [9.17, 15) is 4.79 Å². The van der Waals surface area contributed by atoms with Crippen molar-refractivity contribution in [3.63, 3.8) is 0 Å². The molecule has 0 aromatic heterocycles. The van der Waals surface area contributed by atoms with E-state index >= 15 is 0 Å². The number of unbranched alkanes of at least 4 members (excludes halogenated alkanes) is 35. The lowest BCUT2D eigenvalue weighted by Gasteiger charge is -2.05. The minimum absolute atomic E-state index is 0.295. The van der Waals surface area contributed by atoms with E-state index in [1.807, 2.05) is 0 Å². The van der Waals surface area contributed by atoms with Gasteiger partial charge in [-0.15, -0.1) is 0 Å². The second kappa shape index (κ2) is 39.2. The predicted octanol–water partition coefficient (Wildman–Crippen LogP) is 14.8. The van der Waals surface area contributed by atoms with Gasteiger partial charge in [-0.2, -0.15) is 0 Å². The fourth-order valence-corrected chi connectivity index (χ4v) is 6.42. The first-order valence-corrected chi connectivity index (χ1v) is 20.1. The van der Waals surface area contributed by atoms with E-state index in [1.54, 1.807) is 0 Å². The van der Waals surface area contributed by atoms with Crippen molar-refractivity contribution in [2.45, 2.75) is 238 Å². The number of carbonyl (C=O) groups excluding carboxylic acids is 1. The van der Waals surface area contributed by atoms with Crippen molar-refractivity contribution < 1.29 is 9.53 Å². The average molecular weight is 605 g/mol. The minimum Gasteiger partial charge on any atom is -0.463 e. The first-order valence-electron chi connectivity index (χ1n) is 20.1. The van der Waals surface area contributed by atoms with E-state index < -0.39 is 0 Å². The van der Waals surface area contributed by atoms with Gasteiger partial charge in [0.15, 0.2) is 0 Å². The largest absolute Gasteiger partial charge is 0.463 e. The molecule has 0 amide bonds. The number of ether oxygens (including phenoxy) is 1. The Morgan fingerprint density at radius 3 is 0.744 bits per heavy atom. The van der Waals surface area contributed by atoms with Crippen molar-refractivity contribution in [2.75, 3.05) is 6.61 Å². The molecule has 0 radical (unpaired) electrons. The molecule has 0 atom stereocenters. The summed E-state index contributed by atoms with van der Waals surface area (Å²) in [5, 5.41) is 0. The van der Waals surface area contributed by atoms with Crippen molar-refractivity contribution in [3.05, 3.63) is 12.7 Å². The fourth-order valence-electron chi connectivity index (χ4n) is 6.42. The van der Waals surface area contributed by atoms with Crippen molar-refractivity contribution in [1.82, 2.24) is 0 Å². The summed E-state index contributed by atoms with van der Waals surface area (Å²) in [6, 6.07) is 0. The number of hydrogen-bond donors (Lipinski definition) is 0. The van der Waals surface area contributed by atoms with Gasteiger partial charge in [0, 0.05) is 6.08 Å². The Balaban J connectivity index is 3.04. The molecular formula is C41H80O2. The van der Waals surface area contributed by atoms with Crippen molar-refractivity contribution in [1.29, 1.82) is 0 Å². The second-order valence-electron chi connectivity index (χ2n) is 13.7. The lowest BCUT2D eigenvalue weighted by Crippen LogP contribution is -2.01. The molecule has 0 aliphatic heterocycles. The highest BCUT2D eigenvalue weighted by Gasteiger charge is 1.98. The standard InChI is InChI=1S/C41H80O2/c1-3-5-6-7-8-9-10-11-12-13-14-15-16-17-18-19-20-21-22-23-24-25-26-27-28-29-30-31-32-33-34-35-36-37-38-39-40-43-41(42)4-2/h4H,2-3,5-40H2,1H3. The summed E-state index contributed by atoms with van der Waals surface area (Å²) in [4.78, 5) is 11.0. The molecule has 0 spiro atoms. The van der Waals surface area contributed by atoms with Gasteiger partial charge < -0.3 is 4.74 Å². The highest BCUT2D eigenvalue weighted by Crippen LogP contribution is 2.17. The van der Waals surface area contributed by atoms with Crippen molar-refractivity contribution >= 4 is 5.97 Å². The number of esters is 1. The van der Waals surface area contributed by atoms with Crippen LogP contribution in [0.3, 0.4) is 0 Å². The Kier molecular flexibility index (Phi) is 38.5. The van der Waals surface area contributed by atoms with E-state index in [2.05, 4.69) is 13.5 Å². The van der Waals surface area contributed by atoms with Crippen LogP contribution >= 0.6 is 0 Å². The predicted molar refractivity (Wildman–Crippen MR) is 193 cm³/mol. The molecule has 0 bridgehead atoms. The second-order valence-corrected chi connectivity index (χ2v) is 13.7. The summed E-state index contributed by atoms with van der Waals surface area (Å²) in [5.41, 5.74) is 0. The molecule has 0 fully saturated rings. The van der Waals surface area contributed by atoms with Crippen molar-refractivity contribution in [3.8, 4) is 0 Å². The minimum atomic E-state index is -0.295. The van der Waals surface area contributed by atoms with Crippen LogP contribution in [-0.4, -0.2) is 12.6 Å². The molecular weight excluding hydrogens is 524 g/mol. The third-order valence-corrected chi connectivity index (χ3v) is 9.41. The molecule has 0 rings (SSSR count). The summed E-state index contributed by atoms with van der Waals surface area (Å²) in [6.07, 6.45) is 52.7. The molecule has 2 nitrogen and oxygen atoms in total. The molecule has 0 N–H and O–H groups in total. The maximum absolute atomic E-state index is 11.0. The van der Waals surface area contributed by atoms with Crippen LogP contribution in [-0.2, 0) is 9.53 Å². The van der Waals surface area contributed by atoms with Crippen LogP contribution in [0.1, 0.15) is 238 Å². The van der Waals surface area contributed by atoms with Gasteiger partial charge in [-0.05, 0) is 6.42 Å². The summed E-state index contributed by atoms with van der Waals surface area (Å²) in [7, 11) is 0.